The maximum absolute atomic E-state index is 12.2. The van der Waals surface area contributed by atoms with Crippen molar-refractivity contribution >= 4 is 34.5 Å². The van der Waals surface area contributed by atoms with Crippen molar-refractivity contribution in [3.05, 3.63) is 42.6 Å². The molecule has 2 heterocycles. The van der Waals surface area contributed by atoms with Gasteiger partial charge in [0.05, 0.1) is 12.4 Å². The highest BCUT2D eigenvalue weighted by Crippen LogP contribution is 2.23. The average molecular weight is 356 g/mol. The van der Waals surface area contributed by atoms with Gasteiger partial charge >= 0.3 is 0 Å². The van der Waals surface area contributed by atoms with E-state index in [-0.39, 0.29) is 11.7 Å². The van der Waals surface area contributed by atoms with Gasteiger partial charge in [-0.3, -0.25) is 4.79 Å². The number of hydrogen-bond donors (Lipinski definition) is 1. The number of fused-ring (bicyclic) bond motifs is 1. The Bertz CT molecular complexity index is 861. The molecule has 1 amide bonds. The van der Waals surface area contributed by atoms with Crippen LogP contribution in [0, 0.1) is 0 Å². The normalized spacial score (nSPS) is 10.8. The zero-order valence-electron chi connectivity index (χ0n) is 14.2. The molecule has 130 valence electrons. The number of nitrogens with one attached hydrogen (secondary N) is 1. The van der Waals surface area contributed by atoms with Gasteiger partial charge in [0.25, 0.3) is 0 Å². The number of pyridine rings is 1. The van der Waals surface area contributed by atoms with Crippen molar-refractivity contribution in [2.75, 3.05) is 17.7 Å². The third-order valence-electron chi connectivity index (χ3n) is 3.57. The molecule has 0 bridgehead atoms. The number of thioether (sulfide) groups is 1. The quantitative estimate of drug-likeness (QED) is 0.655. The number of carbonyl (C=O) groups is 1. The molecule has 0 fully saturated rings. The summed E-state index contributed by atoms with van der Waals surface area (Å²) in [7, 11) is 0. The number of amides is 1. The highest BCUT2D eigenvalue weighted by molar-refractivity contribution is 7.99. The van der Waals surface area contributed by atoms with Crippen molar-refractivity contribution in [2.24, 2.45) is 0 Å². The fourth-order valence-corrected chi connectivity index (χ4v) is 3.33. The second-order valence-electron chi connectivity index (χ2n) is 5.28. The summed E-state index contributed by atoms with van der Waals surface area (Å²) in [6, 6.07) is 11.1. The van der Waals surface area contributed by atoms with Crippen LogP contribution in [0.5, 0.6) is 5.75 Å². The Morgan fingerprint density at radius 3 is 2.76 bits per heavy atom. The van der Waals surface area contributed by atoms with E-state index >= 15 is 0 Å². The van der Waals surface area contributed by atoms with Gasteiger partial charge in [-0.2, -0.15) is 0 Å². The summed E-state index contributed by atoms with van der Waals surface area (Å²) in [5.74, 6) is 1.01. The summed E-state index contributed by atoms with van der Waals surface area (Å²) in [6.07, 6.45) is 1.75. The van der Waals surface area contributed by atoms with E-state index in [0.29, 0.717) is 6.61 Å². The second-order valence-corrected chi connectivity index (χ2v) is 6.22. The van der Waals surface area contributed by atoms with Gasteiger partial charge in [-0.05, 0) is 50.2 Å². The van der Waals surface area contributed by atoms with Crippen molar-refractivity contribution < 1.29 is 9.53 Å². The smallest absolute Gasteiger partial charge is 0.234 e. The summed E-state index contributed by atoms with van der Waals surface area (Å²) in [5, 5.41) is 3.69. The van der Waals surface area contributed by atoms with Crippen LogP contribution in [-0.4, -0.2) is 32.8 Å². The van der Waals surface area contributed by atoms with E-state index in [9.17, 15) is 4.79 Å². The molecular formula is C18H20N4O2S. The maximum Gasteiger partial charge on any atom is 0.234 e. The Kier molecular flexibility index (Phi) is 5.55. The molecule has 0 aliphatic carbocycles. The van der Waals surface area contributed by atoms with E-state index in [2.05, 4.69) is 15.3 Å². The van der Waals surface area contributed by atoms with Crippen molar-refractivity contribution in [3.63, 3.8) is 0 Å². The number of hydrogen-bond acceptors (Lipinski definition) is 5. The summed E-state index contributed by atoms with van der Waals surface area (Å²) in [5.41, 5.74) is 2.44. The highest BCUT2D eigenvalue weighted by Gasteiger charge is 2.12. The maximum atomic E-state index is 12.2. The molecule has 0 atom stereocenters. The van der Waals surface area contributed by atoms with Gasteiger partial charge in [-0.1, -0.05) is 11.8 Å². The first-order chi connectivity index (χ1) is 12.2. The molecule has 0 spiro atoms. The molecule has 3 rings (SSSR count). The van der Waals surface area contributed by atoms with Crippen LogP contribution in [0.15, 0.2) is 47.8 Å². The highest BCUT2D eigenvalue weighted by atomic mass is 32.2. The zero-order valence-corrected chi connectivity index (χ0v) is 15.0. The molecule has 2 aromatic heterocycles. The monoisotopic (exact) mass is 356 g/mol. The molecular weight excluding hydrogens is 336 g/mol. The molecule has 25 heavy (non-hydrogen) atoms. The molecule has 0 aliphatic heterocycles. The summed E-state index contributed by atoms with van der Waals surface area (Å²) in [6.45, 7) is 5.36. The van der Waals surface area contributed by atoms with Gasteiger partial charge in [0.2, 0.25) is 5.91 Å². The van der Waals surface area contributed by atoms with Gasteiger partial charge in [0.15, 0.2) is 10.8 Å². The first-order valence-electron chi connectivity index (χ1n) is 8.18. The molecule has 0 aliphatic rings. The van der Waals surface area contributed by atoms with Gasteiger partial charge in [-0.25, -0.2) is 9.97 Å². The predicted molar refractivity (Wildman–Crippen MR) is 100 cm³/mol. The lowest BCUT2D eigenvalue weighted by Gasteiger charge is -2.07. The Hall–Kier alpha value is -2.54. The van der Waals surface area contributed by atoms with Gasteiger partial charge in [-0.15, -0.1) is 0 Å². The van der Waals surface area contributed by atoms with Crippen molar-refractivity contribution in [1.82, 2.24) is 14.5 Å². The second kappa shape index (κ2) is 8.02. The van der Waals surface area contributed by atoms with Crippen LogP contribution in [0.25, 0.3) is 11.2 Å². The zero-order chi connectivity index (χ0) is 17.6. The number of nitrogens with zero attached hydrogens (tertiary/aromatic N) is 3. The molecule has 6 nitrogen and oxygen atoms in total. The Labute approximate surface area is 150 Å². The van der Waals surface area contributed by atoms with E-state index in [0.717, 1.165) is 34.3 Å². The van der Waals surface area contributed by atoms with Crippen LogP contribution in [-0.2, 0) is 11.3 Å². The van der Waals surface area contributed by atoms with E-state index in [1.807, 2.05) is 54.8 Å². The number of aromatic nitrogens is 3. The Morgan fingerprint density at radius 2 is 2.04 bits per heavy atom. The minimum Gasteiger partial charge on any atom is -0.494 e. The largest absolute Gasteiger partial charge is 0.494 e. The number of benzene rings is 1. The molecule has 0 saturated heterocycles. The molecule has 0 saturated carbocycles. The van der Waals surface area contributed by atoms with Crippen LogP contribution in [0.1, 0.15) is 13.8 Å². The van der Waals surface area contributed by atoms with Crippen LogP contribution in [0.4, 0.5) is 5.69 Å². The van der Waals surface area contributed by atoms with Crippen LogP contribution in [0.2, 0.25) is 0 Å². The molecule has 7 heteroatoms. The number of rotatable bonds is 7. The number of carbonyl (C=O) groups excluding carboxylic acids is 1. The molecule has 0 unspecified atom stereocenters. The van der Waals surface area contributed by atoms with Crippen LogP contribution in [0.3, 0.4) is 0 Å². The predicted octanol–water partition coefficient (Wildman–Crippen LogP) is 3.58. The Morgan fingerprint density at radius 1 is 1.24 bits per heavy atom. The average Bonchev–Trinajstić information content (AvgIpc) is 2.99. The standard InChI is InChI=1S/C18H20N4O2S/c1-3-22-17-15(6-5-11-19-17)21-18(22)25-12-16(23)20-13-7-9-14(10-8-13)24-4-2/h5-11H,3-4,12H2,1-2H3,(H,20,23). The lowest BCUT2D eigenvalue weighted by molar-refractivity contribution is -0.113. The topological polar surface area (TPSA) is 69.0 Å². The number of ether oxygens (including phenoxy) is 1. The molecule has 0 radical (unpaired) electrons. The third-order valence-corrected chi connectivity index (χ3v) is 4.54. The minimum absolute atomic E-state index is 0.0724. The lowest BCUT2D eigenvalue weighted by atomic mass is 10.3. The van der Waals surface area contributed by atoms with Gasteiger partial charge < -0.3 is 14.6 Å². The SMILES string of the molecule is CCOc1ccc(NC(=O)CSc2nc3cccnc3n2CC)cc1. The van der Waals surface area contributed by atoms with Crippen molar-refractivity contribution in [3.8, 4) is 5.75 Å². The fraction of sp³-hybridized carbons (Fsp3) is 0.278. The third kappa shape index (κ3) is 4.11. The minimum atomic E-state index is -0.0724. The van der Waals surface area contributed by atoms with E-state index in [1.165, 1.54) is 11.8 Å². The fourth-order valence-electron chi connectivity index (χ4n) is 2.46. The summed E-state index contributed by atoms with van der Waals surface area (Å²) >= 11 is 1.41. The van der Waals surface area contributed by atoms with Crippen molar-refractivity contribution in [2.45, 2.75) is 25.5 Å². The Balaban J connectivity index is 1.62. The molecule has 1 aromatic carbocycles. The number of imidazole rings is 1. The first kappa shape index (κ1) is 17.3. The van der Waals surface area contributed by atoms with E-state index < -0.39 is 0 Å². The summed E-state index contributed by atoms with van der Waals surface area (Å²) in [4.78, 5) is 21.1. The van der Waals surface area contributed by atoms with E-state index in [1.54, 1.807) is 6.20 Å². The number of anilines is 1. The molecule has 1 N–H and O–H groups in total. The van der Waals surface area contributed by atoms with Crippen LogP contribution >= 0.6 is 11.8 Å². The van der Waals surface area contributed by atoms with E-state index in [4.69, 9.17) is 4.74 Å². The first-order valence-corrected chi connectivity index (χ1v) is 9.16. The van der Waals surface area contributed by atoms with Crippen molar-refractivity contribution in [1.29, 1.82) is 0 Å². The lowest BCUT2D eigenvalue weighted by Crippen LogP contribution is -2.14. The molecule has 3 aromatic rings. The summed E-state index contributed by atoms with van der Waals surface area (Å²) < 4.78 is 7.41. The van der Waals surface area contributed by atoms with Crippen LogP contribution < -0.4 is 10.1 Å². The van der Waals surface area contributed by atoms with Gasteiger partial charge in [0, 0.05) is 18.4 Å². The number of aryl methyl sites for hydroxylation is 1. The van der Waals surface area contributed by atoms with Gasteiger partial charge in [0.1, 0.15) is 11.3 Å².